The average Bonchev–Trinajstić information content (AvgIpc) is 2.75. The maximum absolute atomic E-state index is 12.3. The van der Waals surface area contributed by atoms with E-state index in [0.29, 0.717) is 16.3 Å². The number of halogens is 1. The Balaban J connectivity index is 1.62. The maximum Gasteiger partial charge on any atom is 0.271 e. The summed E-state index contributed by atoms with van der Waals surface area (Å²) in [5, 5.41) is 27.2. The third-order valence-corrected chi connectivity index (χ3v) is 4.44. The van der Waals surface area contributed by atoms with E-state index in [-0.39, 0.29) is 28.5 Å². The fourth-order valence-corrected chi connectivity index (χ4v) is 2.75. The molecule has 0 spiro atoms. The van der Waals surface area contributed by atoms with Crippen LogP contribution >= 0.6 is 11.6 Å². The van der Waals surface area contributed by atoms with Crippen molar-refractivity contribution in [3.05, 3.63) is 98.6 Å². The molecular formula is C21H15ClN4O5. The van der Waals surface area contributed by atoms with Gasteiger partial charge in [-0.15, -0.1) is 0 Å². The van der Waals surface area contributed by atoms with Crippen LogP contribution in [0.3, 0.4) is 0 Å². The van der Waals surface area contributed by atoms with Gasteiger partial charge in [0, 0.05) is 28.9 Å². The molecule has 0 saturated carbocycles. The van der Waals surface area contributed by atoms with Crippen LogP contribution in [0.15, 0.2) is 71.8 Å². The quantitative estimate of drug-likeness (QED) is 0.304. The van der Waals surface area contributed by atoms with Crippen molar-refractivity contribution in [2.45, 2.75) is 0 Å². The fraction of sp³-hybridized carbons (Fsp3) is 0. The molecule has 3 rings (SSSR count). The lowest BCUT2D eigenvalue weighted by Gasteiger charge is -2.07. The van der Waals surface area contributed by atoms with E-state index in [1.165, 1.54) is 12.1 Å². The molecule has 0 radical (unpaired) electrons. The van der Waals surface area contributed by atoms with Crippen molar-refractivity contribution >= 4 is 41.0 Å². The number of nitrogens with zero attached hydrogens (tertiary/aromatic N) is 2. The number of phenols is 1. The molecule has 3 aromatic carbocycles. The molecular weight excluding hydrogens is 424 g/mol. The number of hydrogen-bond donors (Lipinski definition) is 3. The second-order valence-corrected chi connectivity index (χ2v) is 6.62. The van der Waals surface area contributed by atoms with E-state index in [4.69, 9.17) is 11.6 Å². The van der Waals surface area contributed by atoms with Crippen LogP contribution in [0, 0.1) is 10.1 Å². The fourth-order valence-electron chi connectivity index (χ4n) is 2.53. The highest BCUT2D eigenvalue weighted by molar-refractivity contribution is 6.34. The number of amides is 2. The molecule has 0 unspecified atom stereocenters. The summed E-state index contributed by atoms with van der Waals surface area (Å²) in [7, 11) is 0. The smallest absolute Gasteiger partial charge is 0.271 e. The number of nitrogens with one attached hydrogen (secondary N) is 2. The second kappa shape index (κ2) is 9.51. The predicted molar refractivity (Wildman–Crippen MR) is 116 cm³/mol. The molecule has 0 bridgehead atoms. The monoisotopic (exact) mass is 438 g/mol. The Morgan fingerprint density at radius 3 is 2.42 bits per heavy atom. The highest BCUT2D eigenvalue weighted by Crippen LogP contribution is 2.21. The lowest BCUT2D eigenvalue weighted by molar-refractivity contribution is -0.384. The highest BCUT2D eigenvalue weighted by atomic mass is 35.5. The van der Waals surface area contributed by atoms with Gasteiger partial charge in [0.1, 0.15) is 5.75 Å². The number of anilines is 1. The van der Waals surface area contributed by atoms with Crippen LogP contribution in [0.2, 0.25) is 5.02 Å². The molecule has 0 fully saturated rings. The van der Waals surface area contributed by atoms with Crippen molar-refractivity contribution in [2.24, 2.45) is 5.10 Å². The summed E-state index contributed by atoms with van der Waals surface area (Å²) in [5.41, 5.74) is 3.16. The molecule has 10 heteroatoms. The molecule has 0 aliphatic carbocycles. The Kier molecular flexibility index (Phi) is 6.58. The zero-order chi connectivity index (χ0) is 22.4. The van der Waals surface area contributed by atoms with Crippen LogP contribution in [-0.2, 0) is 0 Å². The predicted octanol–water partition coefficient (Wildman–Crippen LogP) is 3.97. The first-order chi connectivity index (χ1) is 14.8. The van der Waals surface area contributed by atoms with Crippen LogP contribution < -0.4 is 10.7 Å². The van der Waals surface area contributed by atoms with Crippen LogP contribution in [0.1, 0.15) is 26.3 Å². The minimum Gasteiger partial charge on any atom is -0.507 e. The summed E-state index contributed by atoms with van der Waals surface area (Å²) >= 11 is 6.00. The number of hydrazone groups is 1. The van der Waals surface area contributed by atoms with E-state index < -0.39 is 10.8 Å². The lowest BCUT2D eigenvalue weighted by Crippen LogP contribution is -2.18. The van der Waals surface area contributed by atoms with Gasteiger partial charge in [0.05, 0.1) is 21.7 Å². The lowest BCUT2D eigenvalue weighted by atomic mass is 10.1. The molecule has 156 valence electrons. The topological polar surface area (TPSA) is 134 Å². The first kappa shape index (κ1) is 21.5. The Labute approximate surface area is 181 Å². The van der Waals surface area contributed by atoms with Gasteiger partial charge < -0.3 is 10.4 Å². The maximum atomic E-state index is 12.3. The summed E-state index contributed by atoms with van der Waals surface area (Å²) in [4.78, 5) is 34.7. The average molecular weight is 439 g/mol. The van der Waals surface area contributed by atoms with Gasteiger partial charge in [0.25, 0.3) is 17.5 Å². The van der Waals surface area contributed by atoms with Crippen LogP contribution in [0.25, 0.3) is 0 Å². The molecule has 0 aromatic heterocycles. The zero-order valence-electron chi connectivity index (χ0n) is 15.8. The zero-order valence-corrected chi connectivity index (χ0v) is 16.5. The summed E-state index contributed by atoms with van der Waals surface area (Å²) < 4.78 is 0. The standard InChI is InChI=1S/C21H15ClN4O5/c22-18-4-2-1-3-17(18)21(29)24-15-7-5-13(6-8-15)20(28)25-23-12-14-11-16(26(30)31)9-10-19(14)27/h1-12,27H,(H,24,29)(H,25,28). The van der Waals surface area contributed by atoms with Crippen molar-refractivity contribution < 1.29 is 19.6 Å². The first-order valence-electron chi connectivity index (χ1n) is 8.82. The number of hydrogen-bond acceptors (Lipinski definition) is 6. The van der Waals surface area contributed by atoms with Gasteiger partial charge in [-0.05, 0) is 42.5 Å². The molecule has 3 aromatic rings. The minimum absolute atomic E-state index is 0.0760. The second-order valence-electron chi connectivity index (χ2n) is 6.21. The number of carbonyl (C=O) groups is 2. The molecule has 0 aliphatic rings. The normalized spacial score (nSPS) is 10.6. The van der Waals surface area contributed by atoms with Crippen molar-refractivity contribution in [1.29, 1.82) is 0 Å². The number of benzene rings is 3. The third-order valence-electron chi connectivity index (χ3n) is 4.12. The first-order valence-corrected chi connectivity index (χ1v) is 9.19. The SMILES string of the molecule is O=C(NN=Cc1cc([N+](=O)[O-])ccc1O)c1ccc(NC(=O)c2ccccc2Cl)cc1. The number of aromatic hydroxyl groups is 1. The molecule has 3 N–H and O–H groups in total. The summed E-state index contributed by atoms with van der Waals surface area (Å²) in [6.45, 7) is 0. The molecule has 2 amide bonds. The number of rotatable bonds is 6. The molecule has 0 heterocycles. The van der Waals surface area contributed by atoms with Crippen molar-refractivity contribution in [1.82, 2.24) is 5.43 Å². The van der Waals surface area contributed by atoms with Crippen LogP contribution in [0.4, 0.5) is 11.4 Å². The van der Waals surface area contributed by atoms with Gasteiger partial charge in [-0.1, -0.05) is 23.7 Å². The Hall–Kier alpha value is -4.24. The number of nitro groups is 1. The van der Waals surface area contributed by atoms with Crippen LogP contribution in [-0.4, -0.2) is 28.1 Å². The number of non-ortho nitro benzene ring substituents is 1. The third kappa shape index (κ3) is 5.43. The Bertz CT molecular complexity index is 1180. The molecule has 0 saturated heterocycles. The largest absolute Gasteiger partial charge is 0.507 e. The molecule has 9 nitrogen and oxygen atoms in total. The number of nitro benzene ring substituents is 1. The van der Waals surface area contributed by atoms with E-state index in [1.807, 2.05) is 0 Å². The van der Waals surface area contributed by atoms with Gasteiger partial charge in [-0.2, -0.15) is 5.10 Å². The minimum atomic E-state index is -0.610. The summed E-state index contributed by atoms with van der Waals surface area (Å²) in [6, 6.07) is 16.1. The van der Waals surface area contributed by atoms with E-state index in [1.54, 1.807) is 36.4 Å². The Morgan fingerprint density at radius 2 is 1.74 bits per heavy atom. The van der Waals surface area contributed by atoms with Crippen molar-refractivity contribution in [3.8, 4) is 5.75 Å². The van der Waals surface area contributed by atoms with Crippen LogP contribution in [0.5, 0.6) is 5.75 Å². The van der Waals surface area contributed by atoms with Gasteiger partial charge in [-0.25, -0.2) is 5.43 Å². The Morgan fingerprint density at radius 1 is 1.03 bits per heavy atom. The van der Waals surface area contributed by atoms with Gasteiger partial charge >= 0.3 is 0 Å². The van der Waals surface area contributed by atoms with Crippen molar-refractivity contribution in [2.75, 3.05) is 5.32 Å². The summed E-state index contributed by atoms with van der Waals surface area (Å²) in [6.07, 6.45) is 1.10. The molecule has 0 atom stereocenters. The number of carbonyl (C=O) groups excluding carboxylic acids is 2. The summed E-state index contributed by atoms with van der Waals surface area (Å²) in [5.74, 6) is -1.16. The van der Waals surface area contributed by atoms with Gasteiger partial charge in [0.15, 0.2) is 0 Å². The van der Waals surface area contributed by atoms with E-state index in [9.17, 15) is 24.8 Å². The van der Waals surface area contributed by atoms with E-state index in [2.05, 4.69) is 15.8 Å². The highest BCUT2D eigenvalue weighted by Gasteiger charge is 2.11. The van der Waals surface area contributed by atoms with Gasteiger partial charge in [0.2, 0.25) is 0 Å². The van der Waals surface area contributed by atoms with E-state index >= 15 is 0 Å². The van der Waals surface area contributed by atoms with Gasteiger partial charge in [-0.3, -0.25) is 19.7 Å². The number of phenolic OH excluding ortho intramolecular Hbond substituents is 1. The molecule has 0 aliphatic heterocycles. The van der Waals surface area contributed by atoms with E-state index in [0.717, 1.165) is 24.4 Å². The van der Waals surface area contributed by atoms with Crippen molar-refractivity contribution in [3.63, 3.8) is 0 Å². The molecule has 31 heavy (non-hydrogen) atoms.